The Balaban J connectivity index is 1.63. The second-order valence-electron chi connectivity index (χ2n) is 5.96. The Morgan fingerprint density at radius 1 is 1.08 bits per heavy atom. The molecule has 0 unspecified atom stereocenters. The van der Waals surface area contributed by atoms with Gasteiger partial charge in [-0.25, -0.2) is 9.98 Å². The van der Waals surface area contributed by atoms with Crippen LogP contribution in [0.1, 0.15) is 30.4 Å². The minimum atomic E-state index is 0.486. The predicted molar refractivity (Wildman–Crippen MR) is 95.8 cm³/mol. The fraction of sp³-hybridized carbons (Fsp3) is 0.368. The molecule has 126 valence electrons. The molecule has 0 bridgehead atoms. The van der Waals surface area contributed by atoms with Gasteiger partial charge in [-0.1, -0.05) is 36.4 Å². The number of nitrogens with zero attached hydrogens (tertiary/aromatic N) is 3. The summed E-state index contributed by atoms with van der Waals surface area (Å²) < 4.78 is 5.87. The predicted octanol–water partition coefficient (Wildman–Crippen LogP) is 2.96. The first-order valence-corrected chi connectivity index (χ1v) is 8.48. The van der Waals surface area contributed by atoms with E-state index in [9.17, 15) is 0 Å². The lowest BCUT2D eigenvalue weighted by Gasteiger charge is -2.27. The van der Waals surface area contributed by atoms with Crippen LogP contribution in [0, 0.1) is 0 Å². The van der Waals surface area contributed by atoms with Gasteiger partial charge in [-0.05, 0) is 30.9 Å². The molecule has 24 heavy (non-hydrogen) atoms. The number of aromatic nitrogens is 1. The lowest BCUT2D eigenvalue weighted by molar-refractivity contribution is 0.290. The molecule has 0 atom stereocenters. The maximum absolute atomic E-state index is 6.13. The average Bonchev–Trinajstić information content (AvgIpc) is 2.66. The summed E-state index contributed by atoms with van der Waals surface area (Å²) in [5.41, 5.74) is 8.19. The normalized spacial score (nSPS) is 15.3. The smallest absolute Gasteiger partial charge is 0.218 e. The van der Waals surface area contributed by atoms with E-state index >= 15 is 0 Å². The van der Waals surface area contributed by atoms with Crippen LogP contribution in [0.5, 0.6) is 5.88 Å². The molecule has 5 nitrogen and oxygen atoms in total. The highest BCUT2D eigenvalue weighted by molar-refractivity contribution is 5.78. The van der Waals surface area contributed by atoms with E-state index in [2.05, 4.69) is 14.9 Å². The monoisotopic (exact) mass is 324 g/mol. The third-order valence-corrected chi connectivity index (χ3v) is 4.16. The van der Waals surface area contributed by atoms with Gasteiger partial charge in [-0.3, -0.25) is 0 Å². The van der Waals surface area contributed by atoms with Crippen molar-refractivity contribution in [3.8, 4) is 5.88 Å². The Labute approximate surface area is 143 Å². The summed E-state index contributed by atoms with van der Waals surface area (Å²) in [5, 5.41) is 0. The van der Waals surface area contributed by atoms with Crippen LogP contribution in [0.2, 0.25) is 0 Å². The Bertz CT molecular complexity index is 666. The summed E-state index contributed by atoms with van der Waals surface area (Å²) in [6, 6.07) is 14.0. The molecule has 0 radical (unpaired) electrons. The van der Waals surface area contributed by atoms with E-state index in [0.29, 0.717) is 25.0 Å². The van der Waals surface area contributed by atoms with Crippen LogP contribution < -0.4 is 10.5 Å². The number of hydrogen-bond donors (Lipinski definition) is 1. The van der Waals surface area contributed by atoms with E-state index in [0.717, 1.165) is 24.2 Å². The van der Waals surface area contributed by atoms with Gasteiger partial charge in [0.25, 0.3) is 0 Å². The van der Waals surface area contributed by atoms with E-state index in [-0.39, 0.29) is 0 Å². The van der Waals surface area contributed by atoms with E-state index in [1.54, 1.807) is 6.20 Å². The quantitative estimate of drug-likeness (QED) is 0.678. The van der Waals surface area contributed by atoms with E-state index in [1.165, 1.54) is 19.3 Å². The summed E-state index contributed by atoms with van der Waals surface area (Å²) >= 11 is 0. The molecule has 0 aliphatic carbocycles. The summed E-state index contributed by atoms with van der Waals surface area (Å²) in [7, 11) is 0. The second-order valence-corrected chi connectivity index (χ2v) is 5.96. The summed E-state index contributed by atoms with van der Waals surface area (Å²) in [4.78, 5) is 11.0. The van der Waals surface area contributed by atoms with E-state index < -0.39 is 0 Å². The number of likely N-dealkylation sites (tertiary alicyclic amines) is 1. The van der Waals surface area contributed by atoms with Crippen LogP contribution in [-0.4, -0.2) is 28.9 Å². The summed E-state index contributed by atoms with van der Waals surface area (Å²) in [6.07, 6.45) is 5.40. The van der Waals surface area contributed by atoms with Gasteiger partial charge in [0, 0.05) is 24.8 Å². The summed E-state index contributed by atoms with van der Waals surface area (Å²) in [6.45, 7) is 2.98. The highest BCUT2D eigenvalue weighted by Crippen LogP contribution is 2.17. The van der Waals surface area contributed by atoms with Crippen molar-refractivity contribution in [3.05, 3.63) is 59.8 Å². The first kappa shape index (κ1) is 16.3. The highest BCUT2D eigenvalue weighted by atomic mass is 16.5. The number of pyridine rings is 1. The molecule has 0 spiro atoms. The fourth-order valence-electron chi connectivity index (χ4n) is 2.79. The molecule has 1 aromatic carbocycles. The maximum atomic E-state index is 6.13. The van der Waals surface area contributed by atoms with Gasteiger partial charge in [0.05, 0.1) is 6.54 Å². The lowest BCUT2D eigenvalue weighted by Crippen LogP contribution is -2.40. The van der Waals surface area contributed by atoms with Crippen molar-refractivity contribution in [1.29, 1.82) is 0 Å². The highest BCUT2D eigenvalue weighted by Gasteiger charge is 2.12. The molecule has 1 aliphatic rings. The summed E-state index contributed by atoms with van der Waals surface area (Å²) in [5.74, 6) is 1.24. The van der Waals surface area contributed by atoms with Gasteiger partial charge < -0.3 is 15.4 Å². The van der Waals surface area contributed by atoms with Crippen LogP contribution in [-0.2, 0) is 13.2 Å². The Hall–Kier alpha value is -2.56. The third kappa shape index (κ3) is 4.47. The van der Waals surface area contributed by atoms with Crippen LogP contribution in [0.4, 0.5) is 0 Å². The molecule has 2 heterocycles. The molecule has 5 heteroatoms. The Kier molecular flexibility index (Phi) is 5.66. The molecule has 2 aromatic rings. The number of rotatable bonds is 5. The van der Waals surface area contributed by atoms with Crippen molar-refractivity contribution in [2.45, 2.75) is 32.4 Å². The number of ether oxygens (including phenoxy) is 1. The molecular formula is C19H24N4O. The van der Waals surface area contributed by atoms with Crippen LogP contribution in [0.25, 0.3) is 0 Å². The van der Waals surface area contributed by atoms with Gasteiger partial charge in [0.2, 0.25) is 5.88 Å². The third-order valence-electron chi connectivity index (χ3n) is 4.16. The molecular weight excluding hydrogens is 300 g/mol. The first-order valence-electron chi connectivity index (χ1n) is 8.48. The lowest BCUT2D eigenvalue weighted by atomic mass is 10.1. The number of benzene rings is 1. The number of nitrogens with two attached hydrogens (primary N) is 1. The number of aliphatic imine (C=N–C) groups is 1. The van der Waals surface area contributed by atoms with Crippen molar-refractivity contribution < 1.29 is 4.74 Å². The van der Waals surface area contributed by atoms with Crippen molar-refractivity contribution >= 4 is 5.96 Å². The van der Waals surface area contributed by atoms with Crippen LogP contribution in [0.15, 0.2) is 53.7 Å². The van der Waals surface area contributed by atoms with Gasteiger partial charge in [0.15, 0.2) is 5.96 Å². The first-order chi connectivity index (χ1) is 11.8. The zero-order valence-electron chi connectivity index (χ0n) is 13.9. The standard InChI is InChI=1S/C19H24N4O/c20-19(23-12-5-2-6-13-23)22-14-17-10-7-11-21-18(17)24-15-16-8-3-1-4-9-16/h1,3-4,7-11H,2,5-6,12-15H2,(H2,20,22). The van der Waals surface area contributed by atoms with Gasteiger partial charge in [-0.2, -0.15) is 0 Å². The molecule has 0 saturated carbocycles. The SMILES string of the molecule is NC(=NCc1cccnc1OCc1ccccc1)N1CCCCC1. The molecule has 1 saturated heterocycles. The Morgan fingerprint density at radius 3 is 2.67 bits per heavy atom. The van der Waals surface area contributed by atoms with Gasteiger partial charge >= 0.3 is 0 Å². The minimum Gasteiger partial charge on any atom is -0.473 e. The molecule has 1 fully saturated rings. The molecule has 2 N–H and O–H groups in total. The maximum Gasteiger partial charge on any atom is 0.218 e. The molecule has 0 amide bonds. The van der Waals surface area contributed by atoms with Gasteiger partial charge in [-0.15, -0.1) is 0 Å². The minimum absolute atomic E-state index is 0.486. The van der Waals surface area contributed by atoms with Gasteiger partial charge in [0.1, 0.15) is 6.61 Å². The zero-order chi connectivity index (χ0) is 16.6. The zero-order valence-corrected chi connectivity index (χ0v) is 13.9. The van der Waals surface area contributed by atoms with Crippen molar-refractivity contribution in [2.24, 2.45) is 10.7 Å². The number of piperidine rings is 1. The fourth-order valence-corrected chi connectivity index (χ4v) is 2.79. The average molecular weight is 324 g/mol. The van der Waals surface area contributed by atoms with Crippen LogP contribution >= 0.6 is 0 Å². The Morgan fingerprint density at radius 2 is 1.88 bits per heavy atom. The number of guanidine groups is 1. The van der Waals surface area contributed by atoms with Crippen molar-refractivity contribution in [2.75, 3.05) is 13.1 Å². The van der Waals surface area contributed by atoms with Crippen LogP contribution in [0.3, 0.4) is 0 Å². The molecule has 1 aliphatic heterocycles. The van der Waals surface area contributed by atoms with Crippen molar-refractivity contribution in [3.63, 3.8) is 0 Å². The van der Waals surface area contributed by atoms with E-state index in [1.807, 2.05) is 42.5 Å². The topological polar surface area (TPSA) is 63.7 Å². The largest absolute Gasteiger partial charge is 0.473 e. The molecule has 3 rings (SSSR count). The number of hydrogen-bond acceptors (Lipinski definition) is 3. The second kappa shape index (κ2) is 8.34. The molecule has 1 aromatic heterocycles. The van der Waals surface area contributed by atoms with E-state index in [4.69, 9.17) is 10.5 Å². The van der Waals surface area contributed by atoms with Crippen molar-refractivity contribution in [1.82, 2.24) is 9.88 Å².